The van der Waals surface area contributed by atoms with Gasteiger partial charge in [0.15, 0.2) is 0 Å². The Kier molecular flexibility index (Phi) is 5.14. The van der Waals surface area contributed by atoms with Gasteiger partial charge in [-0.2, -0.15) is 0 Å². The van der Waals surface area contributed by atoms with Crippen molar-refractivity contribution in [2.24, 2.45) is 11.8 Å². The minimum Gasteiger partial charge on any atom is -0.318 e. The van der Waals surface area contributed by atoms with E-state index >= 15 is 0 Å². The van der Waals surface area contributed by atoms with Crippen LogP contribution >= 0.6 is 0 Å². The molecule has 116 valence electrons. The topological polar surface area (TPSA) is 84.4 Å². The highest BCUT2D eigenvalue weighted by Crippen LogP contribution is 2.29. The van der Waals surface area contributed by atoms with Crippen molar-refractivity contribution in [2.45, 2.75) is 45.2 Å². The molecular formula is C15H24N4O2. The molecule has 0 heterocycles. The zero-order valence-electron chi connectivity index (χ0n) is 12.7. The summed E-state index contributed by atoms with van der Waals surface area (Å²) in [6.07, 6.45) is 4.96. The average molecular weight is 292 g/mol. The molecule has 1 aromatic rings. The predicted octanol–water partition coefficient (Wildman–Crippen LogP) is 2.89. The fourth-order valence-corrected chi connectivity index (χ4v) is 3.05. The van der Waals surface area contributed by atoms with Crippen LogP contribution in [-0.2, 0) is 6.54 Å². The number of hydrazine groups is 1. The van der Waals surface area contributed by atoms with E-state index in [4.69, 9.17) is 5.84 Å². The van der Waals surface area contributed by atoms with Gasteiger partial charge < -0.3 is 5.43 Å². The fourth-order valence-electron chi connectivity index (χ4n) is 3.05. The molecule has 0 saturated heterocycles. The third kappa shape index (κ3) is 3.92. The Morgan fingerprint density at radius 2 is 2.05 bits per heavy atom. The molecule has 0 unspecified atom stereocenters. The normalized spacial score (nSPS) is 22.3. The second kappa shape index (κ2) is 6.87. The minimum absolute atomic E-state index is 0.0284. The summed E-state index contributed by atoms with van der Waals surface area (Å²) in [5.41, 5.74) is 3.69. The van der Waals surface area contributed by atoms with Crippen LogP contribution in [0.3, 0.4) is 0 Å². The predicted molar refractivity (Wildman–Crippen MR) is 83.8 cm³/mol. The maximum atomic E-state index is 11.1. The van der Waals surface area contributed by atoms with Gasteiger partial charge in [-0.3, -0.25) is 20.9 Å². The molecule has 0 atom stereocenters. The number of nitro benzene ring substituents is 1. The van der Waals surface area contributed by atoms with Gasteiger partial charge in [-0.1, -0.05) is 13.0 Å². The highest BCUT2D eigenvalue weighted by Gasteiger charge is 2.22. The molecule has 1 fully saturated rings. The van der Waals surface area contributed by atoms with E-state index in [9.17, 15) is 10.1 Å². The Bertz CT molecular complexity index is 498. The van der Waals surface area contributed by atoms with E-state index in [0.717, 1.165) is 18.0 Å². The van der Waals surface area contributed by atoms with Gasteiger partial charge in [-0.05, 0) is 50.3 Å². The molecule has 0 aromatic heterocycles. The van der Waals surface area contributed by atoms with Crippen molar-refractivity contribution in [1.82, 2.24) is 4.90 Å². The molecule has 1 aliphatic carbocycles. The van der Waals surface area contributed by atoms with Gasteiger partial charge in [0, 0.05) is 18.7 Å². The van der Waals surface area contributed by atoms with Crippen LogP contribution in [0, 0.1) is 16.0 Å². The highest BCUT2D eigenvalue weighted by atomic mass is 16.6. The van der Waals surface area contributed by atoms with Crippen LogP contribution in [-0.4, -0.2) is 22.9 Å². The summed E-state index contributed by atoms with van der Waals surface area (Å²) in [5.74, 6) is 6.13. The molecule has 6 heteroatoms. The van der Waals surface area contributed by atoms with Crippen LogP contribution in [0.4, 0.5) is 11.4 Å². The van der Waals surface area contributed by atoms with Crippen LogP contribution in [0.5, 0.6) is 0 Å². The van der Waals surface area contributed by atoms with E-state index in [-0.39, 0.29) is 5.69 Å². The molecule has 1 saturated carbocycles. The van der Waals surface area contributed by atoms with E-state index in [1.807, 2.05) is 6.07 Å². The first-order chi connectivity index (χ1) is 10.0. The maximum absolute atomic E-state index is 11.1. The summed E-state index contributed by atoms with van der Waals surface area (Å²) in [6, 6.07) is 5.75. The van der Waals surface area contributed by atoms with Crippen molar-refractivity contribution in [3.05, 3.63) is 33.9 Å². The van der Waals surface area contributed by atoms with Crippen LogP contribution in [0.1, 0.15) is 38.2 Å². The smallest absolute Gasteiger partial charge is 0.293 e. The molecule has 1 aromatic carbocycles. The third-order valence-corrected chi connectivity index (χ3v) is 4.46. The summed E-state index contributed by atoms with van der Waals surface area (Å²) >= 11 is 0. The van der Waals surface area contributed by atoms with Gasteiger partial charge in [0.25, 0.3) is 5.69 Å². The number of benzene rings is 1. The summed E-state index contributed by atoms with van der Waals surface area (Å²) in [5, 5.41) is 11.1. The minimum atomic E-state index is -0.402. The van der Waals surface area contributed by atoms with E-state index in [1.54, 1.807) is 12.1 Å². The highest BCUT2D eigenvalue weighted by molar-refractivity contribution is 5.61. The van der Waals surface area contributed by atoms with Gasteiger partial charge in [0.05, 0.1) is 4.92 Å². The SMILES string of the molecule is CC1CCC(N(C)Cc2ccc(NN)c([N+](=O)[O-])c2)CC1. The zero-order valence-corrected chi connectivity index (χ0v) is 12.7. The van der Waals surface area contributed by atoms with Crippen molar-refractivity contribution in [1.29, 1.82) is 0 Å². The lowest BCUT2D eigenvalue weighted by Crippen LogP contribution is -2.34. The Labute approximate surface area is 125 Å². The van der Waals surface area contributed by atoms with Crippen LogP contribution in [0.25, 0.3) is 0 Å². The first-order valence-corrected chi connectivity index (χ1v) is 7.45. The van der Waals surface area contributed by atoms with Gasteiger partial charge in [0.1, 0.15) is 5.69 Å². The molecule has 0 amide bonds. The number of hydrogen-bond acceptors (Lipinski definition) is 5. The standard InChI is InChI=1S/C15H24N4O2/c1-11-3-6-13(7-4-11)18(2)10-12-5-8-14(17-16)15(9-12)19(20)21/h5,8-9,11,13,17H,3-4,6-7,10,16H2,1-2H3. The van der Waals surface area contributed by atoms with Crippen molar-refractivity contribution < 1.29 is 4.92 Å². The monoisotopic (exact) mass is 292 g/mol. The quantitative estimate of drug-likeness (QED) is 0.495. The van der Waals surface area contributed by atoms with Gasteiger partial charge in [-0.25, -0.2) is 0 Å². The van der Waals surface area contributed by atoms with Gasteiger partial charge in [-0.15, -0.1) is 0 Å². The lowest BCUT2D eigenvalue weighted by Gasteiger charge is -2.33. The lowest BCUT2D eigenvalue weighted by atomic mass is 9.86. The number of hydrogen-bond donors (Lipinski definition) is 2. The summed E-state index contributed by atoms with van der Waals surface area (Å²) in [4.78, 5) is 13.0. The molecular weight excluding hydrogens is 268 g/mol. The van der Waals surface area contributed by atoms with E-state index in [1.165, 1.54) is 25.7 Å². The molecule has 0 aliphatic heterocycles. The lowest BCUT2D eigenvalue weighted by molar-refractivity contribution is -0.384. The summed E-state index contributed by atoms with van der Waals surface area (Å²) in [7, 11) is 2.10. The van der Waals surface area contributed by atoms with Crippen LogP contribution in [0.15, 0.2) is 18.2 Å². The molecule has 0 spiro atoms. The van der Waals surface area contributed by atoms with Gasteiger partial charge >= 0.3 is 0 Å². The molecule has 6 nitrogen and oxygen atoms in total. The Morgan fingerprint density at radius 1 is 1.38 bits per heavy atom. The molecule has 1 aliphatic rings. The first-order valence-electron chi connectivity index (χ1n) is 7.45. The van der Waals surface area contributed by atoms with E-state index in [0.29, 0.717) is 11.7 Å². The Balaban J connectivity index is 2.05. The number of nitro groups is 1. The molecule has 0 radical (unpaired) electrons. The maximum Gasteiger partial charge on any atom is 0.293 e. The Hall–Kier alpha value is -1.66. The number of nitrogen functional groups attached to an aromatic ring is 1. The first kappa shape index (κ1) is 15.7. The summed E-state index contributed by atoms with van der Waals surface area (Å²) in [6.45, 7) is 3.03. The third-order valence-electron chi connectivity index (χ3n) is 4.46. The summed E-state index contributed by atoms with van der Waals surface area (Å²) < 4.78 is 0. The van der Waals surface area contributed by atoms with Crippen molar-refractivity contribution in [2.75, 3.05) is 12.5 Å². The zero-order chi connectivity index (χ0) is 15.4. The average Bonchev–Trinajstić information content (AvgIpc) is 2.47. The number of nitrogens with one attached hydrogen (secondary N) is 1. The largest absolute Gasteiger partial charge is 0.318 e. The van der Waals surface area contributed by atoms with E-state index in [2.05, 4.69) is 24.3 Å². The second-order valence-electron chi connectivity index (χ2n) is 6.08. The molecule has 21 heavy (non-hydrogen) atoms. The number of nitrogens with zero attached hydrogens (tertiary/aromatic N) is 2. The number of rotatable bonds is 5. The van der Waals surface area contributed by atoms with Gasteiger partial charge in [0.2, 0.25) is 0 Å². The molecule has 3 N–H and O–H groups in total. The molecule has 0 bridgehead atoms. The van der Waals surface area contributed by atoms with Crippen molar-refractivity contribution in [3.63, 3.8) is 0 Å². The van der Waals surface area contributed by atoms with Crippen molar-refractivity contribution >= 4 is 11.4 Å². The molecule has 2 rings (SSSR count). The van der Waals surface area contributed by atoms with Crippen LogP contribution in [0.2, 0.25) is 0 Å². The fraction of sp³-hybridized carbons (Fsp3) is 0.600. The van der Waals surface area contributed by atoms with Crippen molar-refractivity contribution in [3.8, 4) is 0 Å². The van der Waals surface area contributed by atoms with Crippen LogP contribution < -0.4 is 11.3 Å². The van der Waals surface area contributed by atoms with E-state index < -0.39 is 4.92 Å². The Morgan fingerprint density at radius 3 is 2.62 bits per heavy atom. The second-order valence-corrected chi connectivity index (χ2v) is 6.08. The number of nitrogens with two attached hydrogens (primary N) is 1. The number of anilines is 1.